The molecule has 1 saturated carbocycles. The first-order valence-corrected chi connectivity index (χ1v) is 11.7. The van der Waals surface area contributed by atoms with Gasteiger partial charge in [0.25, 0.3) is 0 Å². The van der Waals surface area contributed by atoms with Crippen molar-refractivity contribution in [3.63, 3.8) is 0 Å². The molecule has 1 N–H and O–H groups in total. The molecule has 1 heterocycles. The quantitative estimate of drug-likeness (QED) is 0.809. The fraction of sp³-hybridized carbons (Fsp3) is 0.435. The van der Waals surface area contributed by atoms with Crippen LogP contribution in [0.3, 0.4) is 0 Å². The van der Waals surface area contributed by atoms with E-state index < -0.39 is 10.0 Å². The highest BCUT2D eigenvalue weighted by atomic mass is 32.2. The molecule has 0 spiro atoms. The number of benzene rings is 2. The van der Waals surface area contributed by atoms with Gasteiger partial charge in [-0.05, 0) is 93.0 Å². The summed E-state index contributed by atoms with van der Waals surface area (Å²) in [6.07, 6.45) is 2.64. The number of carbonyl (C=O) groups is 1. The predicted molar refractivity (Wildman–Crippen MR) is 115 cm³/mol. The van der Waals surface area contributed by atoms with Gasteiger partial charge >= 0.3 is 0 Å². The van der Waals surface area contributed by atoms with E-state index in [4.69, 9.17) is 0 Å². The molecule has 2 aromatic carbocycles. The van der Waals surface area contributed by atoms with Crippen molar-refractivity contribution in [1.82, 2.24) is 4.72 Å². The zero-order valence-corrected chi connectivity index (χ0v) is 18.3. The van der Waals surface area contributed by atoms with Gasteiger partial charge in [0.2, 0.25) is 15.9 Å². The lowest BCUT2D eigenvalue weighted by Crippen LogP contribution is -2.30. The number of sulfonamides is 1. The number of rotatable bonds is 5. The van der Waals surface area contributed by atoms with Crippen LogP contribution in [-0.4, -0.2) is 20.9 Å². The predicted octanol–water partition coefficient (Wildman–Crippen LogP) is 3.95. The van der Waals surface area contributed by atoms with E-state index in [2.05, 4.69) is 23.8 Å². The first-order valence-electron chi connectivity index (χ1n) is 10.2. The third-order valence-electron chi connectivity index (χ3n) is 6.13. The van der Waals surface area contributed by atoms with Crippen LogP contribution in [-0.2, 0) is 21.2 Å². The van der Waals surface area contributed by atoms with Gasteiger partial charge in [-0.15, -0.1) is 0 Å². The van der Waals surface area contributed by atoms with Crippen LogP contribution < -0.4 is 9.62 Å². The first kappa shape index (κ1) is 20.1. The molecule has 0 aromatic heterocycles. The van der Waals surface area contributed by atoms with Gasteiger partial charge in [-0.1, -0.05) is 12.1 Å². The van der Waals surface area contributed by atoms with E-state index in [1.165, 1.54) is 5.56 Å². The highest BCUT2D eigenvalue weighted by Crippen LogP contribution is 2.37. The van der Waals surface area contributed by atoms with E-state index in [0.717, 1.165) is 40.8 Å². The van der Waals surface area contributed by atoms with Crippen molar-refractivity contribution in [3.05, 3.63) is 58.1 Å². The van der Waals surface area contributed by atoms with Crippen molar-refractivity contribution in [2.75, 3.05) is 11.4 Å². The third kappa shape index (κ3) is 3.83. The minimum Gasteiger partial charge on any atom is -0.312 e. The normalized spacial score (nSPS) is 17.3. The number of anilines is 1. The van der Waals surface area contributed by atoms with E-state index >= 15 is 0 Å². The lowest BCUT2D eigenvalue weighted by atomic mass is 9.97. The van der Waals surface area contributed by atoms with E-state index in [0.29, 0.717) is 13.0 Å². The molecule has 0 radical (unpaired) electrons. The fourth-order valence-corrected chi connectivity index (χ4v) is 5.41. The summed E-state index contributed by atoms with van der Waals surface area (Å²) in [7, 11) is -3.66. The van der Waals surface area contributed by atoms with Crippen LogP contribution in [0.1, 0.15) is 53.6 Å². The Balaban J connectivity index is 1.57. The number of hydrogen-bond acceptors (Lipinski definition) is 3. The van der Waals surface area contributed by atoms with Gasteiger partial charge in [-0.3, -0.25) is 4.79 Å². The van der Waals surface area contributed by atoms with Crippen LogP contribution in [0.4, 0.5) is 5.69 Å². The molecule has 0 bridgehead atoms. The Kier molecular flexibility index (Phi) is 5.03. The summed E-state index contributed by atoms with van der Waals surface area (Å²) in [5.41, 5.74) is 6.20. The molecule has 5 nitrogen and oxygen atoms in total. The first-order chi connectivity index (χ1) is 13.7. The Morgan fingerprint density at radius 3 is 2.45 bits per heavy atom. The second-order valence-corrected chi connectivity index (χ2v) is 10.2. The largest absolute Gasteiger partial charge is 0.312 e. The number of amides is 1. The molecule has 154 valence electrons. The molecule has 1 aliphatic carbocycles. The summed E-state index contributed by atoms with van der Waals surface area (Å²) in [6, 6.07) is 8.93. The molecule has 1 atom stereocenters. The standard InChI is InChI=1S/C23H28N2O3S/c1-14-11-16(3)21(12-15(14)2)17(4)24-29(27,28)20-7-8-22-19(13-20)9-10-25(22)23(26)18-5-6-18/h7-8,11-13,17-18,24H,5-6,9-10H2,1-4H3/t17-/m0/s1. The fourth-order valence-electron chi connectivity index (χ4n) is 4.14. The van der Waals surface area contributed by atoms with Crippen molar-refractivity contribution in [2.24, 2.45) is 5.92 Å². The number of nitrogens with zero attached hydrogens (tertiary/aromatic N) is 1. The van der Waals surface area contributed by atoms with Gasteiger partial charge < -0.3 is 4.90 Å². The SMILES string of the molecule is Cc1cc(C)c([C@H](C)NS(=O)(=O)c2ccc3c(c2)CCN3C(=O)C2CC2)cc1C. The minimum atomic E-state index is -3.66. The molecule has 29 heavy (non-hydrogen) atoms. The van der Waals surface area contributed by atoms with Gasteiger partial charge in [-0.2, -0.15) is 0 Å². The van der Waals surface area contributed by atoms with Crippen molar-refractivity contribution < 1.29 is 13.2 Å². The molecule has 2 aliphatic rings. The van der Waals surface area contributed by atoms with Crippen LogP contribution in [0, 0.1) is 26.7 Å². The zero-order valence-electron chi connectivity index (χ0n) is 17.5. The number of nitrogens with one attached hydrogen (secondary N) is 1. The minimum absolute atomic E-state index is 0.160. The van der Waals surface area contributed by atoms with Crippen LogP contribution in [0.25, 0.3) is 0 Å². The molecule has 1 aliphatic heterocycles. The van der Waals surface area contributed by atoms with Gasteiger partial charge in [0, 0.05) is 24.2 Å². The summed E-state index contributed by atoms with van der Waals surface area (Å²) >= 11 is 0. The summed E-state index contributed by atoms with van der Waals surface area (Å²) in [6.45, 7) is 8.61. The molecule has 1 amide bonds. The molecular weight excluding hydrogens is 384 g/mol. The van der Waals surface area contributed by atoms with Gasteiger partial charge in [-0.25, -0.2) is 13.1 Å². The Bertz CT molecular complexity index is 1090. The highest BCUT2D eigenvalue weighted by Gasteiger charge is 2.36. The van der Waals surface area contributed by atoms with E-state index in [-0.39, 0.29) is 22.8 Å². The maximum absolute atomic E-state index is 13.0. The molecular formula is C23H28N2O3S. The van der Waals surface area contributed by atoms with Crippen molar-refractivity contribution in [3.8, 4) is 0 Å². The number of hydrogen-bond donors (Lipinski definition) is 1. The van der Waals surface area contributed by atoms with Gasteiger partial charge in [0.1, 0.15) is 0 Å². The van der Waals surface area contributed by atoms with Crippen LogP contribution in [0.2, 0.25) is 0 Å². The van der Waals surface area contributed by atoms with Crippen LogP contribution in [0.5, 0.6) is 0 Å². The average Bonchev–Trinajstić information content (AvgIpc) is 3.42. The maximum atomic E-state index is 13.0. The Labute approximate surface area is 173 Å². The molecule has 1 fully saturated rings. The van der Waals surface area contributed by atoms with Crippen molar-refractivity contribution >= 4 is 21.6 Å². The summed E-state index contributed by atoms with van der Waals surface area (Å²) in [4.78, 5) is 14.5. The van der Waals surface area contributed by atoms with Gasteiger partial charge in [0.15, 0.2) is 0 Å². The van der Waals surface area contributed by atoms with Gasteiger partial charge in [0.05, 0.1) is 4.90 Å². The molecule has 0 saturated heterocycles. The average molecular weight is 413 g/mol. The molecule has 2 aromatic rings. The topological polar surface area (TPSA) is 66.5 Å². The second kappa shape index (κ2) is 7.26. The smallest absolute Gasteiger partial charge is 0.241 e. The van der Waals surface area contributed by atoms with E-state index in [1.807, 2.05) is 25.7 Å². The van der Waals surface area contributed by atoms with Crippen LogP contribution >= 0.6 is 0 Å². The van der Waals surface area contributed by atoms with Crippen molar-refractivity contribution in [2.45, 2.75) is 57.9 Å². The second-order valence-electron chi connectivity index (χ2n) is 8.44. The molecule has 4 rings (SSSR count). The third-order valence-corrected chi connectivity index (χ3v) is 7.67. The van der Waals surface area contributed by atoms with E-state index in [1.54, 1.807) is 18.2 Å². The molecule has 0 unspecified atom stereocenters. The summed E-state index contributed by atoms with van der Waals surface area (Å²) in [5.74, 6) is 0.337. The Morgan fingerprint density at radius 1 is 1.07 bits per heavy atom. The summed E-state index contributed by atoms with van der Waals surface area (Å²) in [5, 5.41) is 0. The Morgan fingerprint density at radius 2 is 1.76 bits per heavy atom. The number of fused-ring (bicyclic) bond motifs is 1. The van der Waals surface area contributed by atoms with E-state index in [9.17, 15) is 13.2 Å². The van der Waals surface area contributed by atoms with Crippen LogP contribution in [0.15, 0.2) is 35.2 Å². The number of aryl methyl sites for hydroxylation is 3. The zero-order chi connectivity index (χ0) is 20.9. The maximum Gasteiger partial charge on any atom is 0.241 e. The lowest BCUT2D eigenvalue weighted by Gasteiger charge is -2.19. The monoisotopic (exact) mass is 412 g/mol. The summed E-state index contributed by atoms with van der Waals surface area (Å²) < 4.78 is 28.9. The lowest BCUT2D eigenvalue weighted by molar-refractivity contribution is -0.119. The molecule has 6 heteroatoms. The van der Waals surface area contributed by atoms with Crippen molar-refractivity contribution in [1.29, 1.82) is 0 Å². The number of carbonyl (C=O) groups excluding carboxylic acids is 1. The Hall–Kier alpha value is -2.18. The highest BCUT2D eigenvalue weighted by molar-refractivity contribution is 7.89.